The van der Waals surface area contributed by atoms with Gasteiger partial charge in [0.05, 0.1) is 16.8 Å². The molecule has 13 heteroatoms. The van der Waals surface area contributed by atoms with E-state index in [4.69, 9.17) is 10.5 Å². The van der Waals surface area contributed by atoms with Crippen molar-refractivity contribution >= 4 is 48.1 Å². The SMILES string of the molecule is CC(SC[C@@H]1C[C@@H](S)CN1C(=O)OCc1ccc([N+](=O)[O-])cc1)C(=O)NCNC(N)=O. The number of hydrogen-bond donors (Lipinski definition) is 4. The number of non-ortho nitro benzene ring substituents is 1. The van der Waals surface area contributed by atoms with Gasteiger partial charge in [-0.25, -0.2) is 9.59 Å². The molecule has 1 aromatic rings. The number of nitrogens with zero attached hydrogens (tertiary/aromatic N) is 2. The lowest BCUT2D eigenvalue weighted by atomic mass is 10.2. The second kappa shape index (κ2) is 11.6. The number of nitro benzene ring substituents is 1. The van der Waals surface area contributed by atoms with Crippen LogP contribution in [-0.4, -0.2) is 63.4 Å². The Morgan fingerprint density at radius 1 is 1.35 bits per heavy atom. The van der Waals surface area contributed by atoms with Gasteiger partial charge < -0.3 is 26.0 Å². The van der Waals surface area contributed by atoms with Gasteiger partial charge in [0, 0.05) is 35.7 Å². The average molecular weight is 472 g/mol. The molecule has 0 aromatic heterocycles. The monoisotopic (exact) mass is 471 g/mol. The molecule has 11 nitrogen and oxygen atoms in total. The van der Waals surface area contributed by atoms with Crippen LogP contribution < -0.4 is 16.4 Å². The molecule has 4 N–H and O–H groups in total. The van der Waals surface area contributed by atoms with E-state index in [1.54, 1.807) is 11.8 Å². The minimum Gasteiger partial charge on any atom is -0.445 e. The van der Waals surface area contributed by atoms with Crippen molar-refractivity contribution in [2.45, 2.75) is 36.5 Å². The molecule has 1 aromatic carbocycles. The smallest absolute Gasteiger partial charge is 0.410 e. The fourth-order valence-corrected chi connectivity index (χ4v) is 4.39. The fraction of sp³-hybridized carbons (Fsp3) is 0.500. The van der Waals surface area contributed by atoms with E-state index in [1.807, 2.05) is 0 Å². The largest absolute Gasteiger partial charge is 0.445 e. The molecule has 31 heavy (non-hydrogen) atoms. The number of thioether (sulfide) groups is 1. The number of carbonyl (C=O) groups excluding carboxylic acids is 3. The number of carbonyl (C=O) groups is 3. The number of urea groups is 1. The number of nitrogens with one attached hydrogen (secondary N) is 2. The summed E-state index contributed by atoms with van der Waals surface area (Å²) < 4.78 is 5.36. The summed E-state index contributed by atoms with van der Waals surface area (Å²) in [5.41, 5.74) is 5.55. The van der Waals surface area contributed by atoms with E-state index < -0.39 is 22.3 Å². The highest BCUT2D eigenvalue weighted by Gasteiger charge is 2.35. The highest BCUT2D eigenvalue weighted by atomic mass is 32.2. The highest BCUT2D eigenvalue weighted by Crippen LogP contribution is 2.27. The molecular weight excluding hydrogens is 446 g/mol. The summed E-state index contributed by atoms with van der Waals surface area (Å²) in [4.78, 5) is 47.0. The number of likely N-dealkylation sites (tertiary alicyclic amines) is 1. The van der Waals surface area contributed by atoms with Crippen LogP contribution in [0.15, 0.2) is 24.3 Å². The summed E-state index contributed by atoms with van der Waals surface area (Å²) in [6, 6.07) is 4.92. The van der Waals surface area contributed by atoms with Crippen molar-refractivity contribution in [1.29, 1.82) is 0 Å². The van der Waals surface area contributed by atoms with Crippen LogP contribution in [0, 0.1) is 10.1 Å². The topological polar surface area (TPSA) is 157 Å². The van der Waals surface area contributed by atoms with Crippen molar-refractivity contribution < 1.29 is 24.0 Å². The molecule has 0 saturated carbocycles. The predicted octanol–water partition coefficient (Wildman–Crippen LogP) is 1.47. The van der Waals surface area contributed by atoms with Crippen molar-refractivity contribution in [3.63, 3.8) is 0 Å². The van der Waals surface area contributed by atoms with Crippen LogP contribution in [0.4, 0.5) is 15.3 Å². The maximum atomic E-state index is 12.6. The molecule has 1 heterocycles. The molecule has 0 spiro atoms. The molecule has 3 atom stereocenters. The average Bonchev–Trinajstić information content (AvgIpc) is 3.10. The van der Waals surface area contributed by atoms with Gasteiger partial charge in [-0.05, 0) is 31.0 Å². The van der Waals surface area contributed by atoms with Gasteiger partial charge in [-0.15, -0.1) is 11.8 Å². The summed E-state index contributed by atoms with van der Waals surface area (Å²) >= 11 is 5.85. The second-order valence-electron chi connectivity index (χ2n) is 6.91. The van der Waals surface area contributed by atoms with Gasteiger partial charge in [-0.3, -0.25) is 14.9 Å². The molecule has 1 fully saturated rings. The van der Waals surface area contributed by atoms with Crippen LogP contribution >= 0.6 is 24.4 Å². The predicted molar refractivity (Wildman–Crippen MR) is 119 cm³/mol. The number of rotatable bonds is 9. The Bertz CT molecular complexity index is 809. The Kier molecular flexibility index (Phi) is 9.24. The zero-order chi connectivity index (χ0) is 23.0. The number of amides is 4. The number of benzene rings is 1. The van der Waals surface area contributed by atoms with Crippen molar-refractivity contribution in [1.82, 2.24) is 15.5 Å². The minimum absolute atomic E-state index is 0.00132. The first kappa shape index (κ1) is 24.6. The van der Waals surface area contributed by atoms with Crippen LogP contribution in [0.3, 0.4) is 0 Å². The lowest BCUT2D eigenvalue weighted by Crippen LogP contribution is -2.43. The van der Waals surface area contributed by atoms with Gasteiger partial charge in [0.25, 0.3) is 5.69 Å². The Morgan fingerprint density at radius 3 is 2.65 bits per heavy atom. The lowest BCUT2D eigenvalue weighted by molar-refractivity contribution is -0.384. The summed E-state index contributed by atoms with van der Waals surface area (Å²) in [5, 5.41) is 15.1. The molecule has 2 rings (SSSR count). The summed E-state index contributed by atoms with van der Waals surface area (Å²) in [6.45, 7) is 2.10. The standard InChI is InChI=1S/C18H25N5O6S2/c1-11(16(24)20-10-21-17(19)25)31-9-14-6-15(30)7-22(14)18(26)29-8-12-2-4-13(5-3-12)23(27)28/h2-5,11,14-15,30H,6-10H2,1H3,(H,20,24)(H3,19,21,25)/t11?,14-,15+/m0/s1. The summed E-state index contributed by atoms with van der Waals surface area (Å²) in [5.74, 6) is 0.258. The first-order chi connectivity index (χ1) is 14.7. The van der Waals surface area contributed by atoms with Gasteiger partial charge in [0.1, 0.15) is 6.61 Å². The van der Waals surface area contributed by atoms with E-state index in [-0.39, 0.29) is 36.2 Å². The second-order valence-corrected chi connectivity index (χ2v) is 9.01. The zero-order valence-corrected chi connectivity index (χ0v) is 18.6. The first-order valence-corrected chi connectivity index (χ1v) is 11.0. The molecule has 0 radical (unpaired) electrons. The molecule has 170 valence electrons. The van der Waals surface area contributed by atoms with E-state index in [0.717, 1.165) is 0 Å². The van der Waals surface area contributed by atoms with Crippen LogP contribution in [0.5, 0.6) is 0 Å². The summed E-state index contributed by atoms with van der Waals surface area (Å²) in [6.07, 6.45) is 0.170. The molecule has 1 aliphatic rings. The Labute approximate surface area is 189 Å². The molecule has 1 saturated heterocycles. The van der Waals surface area contributed by atoms with Crippen LogP contribution in [0.2, 0.25) is 0 Å². The van der Waals surface area contributed by atoms with Gasteiger partial charge in [0.15, 0.2) is 0 Å². The van der Waals surface area contributed by atoms with E-state index >= 15 is 0 Å². The molecular formula is C18H25N5O6S2. The van der Waals surface area contributed by atoms with Gasteiger partial charge in [0.2, 0.25) is 5.91 Å². The normalized spacial score (nSPS) is 18.8. The Balaban J connectivity index is 1.82. The molecule has 1 unspecified atom stereocenters. The maximum absolute atomic E-state index is 12.6. The highest BCUT2D eigenvalue weighted by molar-refractivity contribution is 8.00. The molecule has 0 aliphatic carbocycles. The van der Waals surface area contributed by atoms with Crippen molar-refractivity contribution in [2.24, 2.45) is 5.73 Å². The molecule has 1 aliphatic heterocycles. The summed E-state index contributed by atoms with van der Waals surface area (Å²) in [7, 11) is 0. The molecule has 0 bridgehead atoms. The van der Waals surface area contributed by atoms with E-state index in [9.17, 15) is 24.5 Å². The third kappa shape index (κ3) is 7.83. The first-order valence-electron chi connectivity index (χ1n) is 9.44. The third-order valence-electron chi connectivity index (χ3n) is 4.57. The van der Waals surface area contributed by atoms with Gasteiger partial charge in [-0.2, -0.15) is 12.6 Å². The van der Waals surface area contributed by atoms with Crippen molar-refractivity contribution in [3.05, 3.63) is 39.9 Å². The van der Waals surface area contributed by atoms with Gasteiger partial charge >= 0.3 is 12.1 Å². The van der Waals surface area contributed by atoms with Crippen LogP contribution in [-0.2, 0) is 16.1 Å². The van der Waals surface area contributed by atoms with Crippen LogP contribution in [0.25, 0.3) is 0 Å². The van der Waals surface area contributed by atoms with E-state index in [2.05, 4.69) is 23.3 Å². The van der Waals surface area contributed by atoms with Gasteiger partial charge in [-0.1, -0.05) is 0 Å². The number of ether oxygens (including phenoxy) is 1. The number of thiol groups is 1. The maximum Gasteiger partial charge on any atom is 0.410 e. The Hall–Kier alpha value is -2.67. The zero-order valence-electron chi connectivity index (χ0n) is 16.9. The van der Waals surface area contributed by atoms with Crippen molar-refractivity contribution in [2.75, 3.05) is 19.0 Å². The van der Waals surface area contributed by atoms with Crippen LogP contribution in [0.1, 0.15) is 18.9 Å². The molecule has 4 amide bonds. The van der Waals surface area contributed by atoms with Crippen molar-refractivity contribution in [3.8, 4) is 0 Å². The number of hydrogen-bond acceptors (Lipinski definition) is 8. The lowest BCUT2D eigenvalue weighted by Gasteiger charge is -2.24. The number of primary amides is 1. The quantitative estimate of drug-likeness (QED) is 0.184. The third-order valence-corrected chi connectivity index (χ3v) is 6.23. The minimum atomic E-state index is -0.728. The van der Waals surface area contributed by atoms with E-state index in [1.165, 1.54) is 36.0 Å². The Morgan fingerprint density at radius 2 is 2.03 bits per heavy atom. The number of nitro groups is 1. The number of nitrogens with two attached hydrogens (primary N) is 1. The van der Waals surface area contributed by atoms with E-state index in [0.29, 0.717) is 24.3 Å². The fourth-order valence-electron chi connectivity index (χ4n) is 2.91.